The summed E-state index contributed by atoms with van der Waals surface area (Å²) in [4.78, 5) is 13.1. The van der Waals surface area contributed by atoms with Crippen molar-refractivity contribution in [1.82, 2.24) is 5.32 Å². The molecule has 2 N–H and O–H groups in total. The van der Waals surface area contributed by atoms with Gasteiger partial charge in [0, 0.05) is 17.7 Å². The molecule has 0 aliphatic rings. The summed E-state index contributed by atoms with van der Waals surface area (Å²) < 4.78 is 10.8. The maximum atomic E-state index is 13.1. The molecule has 5 nitrogen and oxygen atoms in total. The number of hydrogen-bond donors (Lipinski definition) is 2. The first-order valence-corrected chi connectivity index (χ1v) is 8.75. The monoisotopic (exact) mass is 357 g/mol. The number of aryl methyl sites for hydroxylation is 1. The number of aliphatic hydroxyl groups excluding tert-OH is 1. The lowest BCUT2D eigenvalue weighted by molar-refractivity contribution is 0.0934. The van der Waals surface area contributed by atoms with Crippen LogP contribution in [0, 0.1) is 6.92 Å². The van der Waals surface area contributed by atoms with Gasteiger partial charge in [0.05, 0.1) is 26.9 Å². The number of ketones is 1. The first-order chi connectivity index (χ1) is 12.6. The summed E-state index contributed by atoms with van der Waals surface area (Å²) >= 11 is 0. The fourth-order valence-corrected chi connectivity index (χ4v) is 2.95. The number of methoxy groups -OCH3 is 2. The highest BCUT2D eigenvalue weighted by atomic mass is 16.5. The Morgan fingerprint density at radius 1 is 1.12 bits per heavy atom. The Kier molecular flexibility index (Phi) is 7.63. The van der Waals surface area contributed by atoms with Crippen LogP contribution in [-0.2, 0) is 6.42 Å². The topological polar surface area (TPSA) is 67.8 Å². The Balaban J connectivity index is 2.22. The largest absolute Gasteiger partial charge is 0.496 e. The van der Waals surface area contributed by atoms with Gasteiger partial charge in [-0.1, -0.05) is 30.3 Å². The zero-order valence-electron chi connectivity index (χ0n) is 15.6. The average Bonchev–Trinajstić information content (AvgIpc) is 2.68. The van der Waals surface area contributed by atoms with Crippen LogP contribution in [-0.4, -0.2) is 44.3 Å². The number of carbonyl (C=O) groups excluding carboxylic acids is 1. The van der Waals surface area contributed by atoms with Gasteiger partial charge in [-0.15, -0.1) is 0 Å². The summed E-state index contributed by atoms with van der Waals surface area (Å²) in [7, 11) is 3.15. The van der Waals surface area contributed by atoms with E-state index in [2.05, 4.69) is 5.32 Å². The number of nitrogens with one attached hydrogen (secondary N) is 1. The number of Topliss-reactive ketones (excluding diaryl/α,β-unsaturated/α-hetero) is 1. The van der Waals surface area contributed by atoms with Crippen LogP contribution in [0.25, 0.3) is 0 Å². The van der Waals surface area contributed by atoms with Crippen LogP contribution in [0.5, 0.6) is 11.5 Å². The Hall–Kier alpha value is -2.37. The second-order valence-corrected chi connectivity index (χ2v) is 6.12. The van der Waals surface area contributed by atoms with Crippen molar-refractivity contribution in [2.75, 3.05) is 27.4 Å². The fraction of sp³-hybridized carbons (Fsp3) is 0.381. The fourth-order valence-electron chi connectivity index (χ4n) is 2.95. The zero-order chi connectivity index (χ0) is 18.9. The van der Waals surface area contributed by atoms with Gasteiger partial charge in [0.1, 0.15) is 11.5 Å². The minimum Gasteiger partial charge on any atom is -0.496 e. The second-order valence-electron chi connectivity index (χ2n) is 6.12. The third kappa shape index (κ3) is 5.07. The van der Waals surface area contributed by atoms with E-state index in [0.29, 0.717) is 30.0 Å². The first kappa shape index (κ1) is 19.9. The van der Waals surface area contributed by atoms with E-state index in [0.717, 1.165) is 12.0 Å². The van der Waals surface area contributed by atoms with Gasteiger partial charge in [-0.05, 0) is 37.5 Å². The molecule has 0 radical (unpaired) electrons. The van der Waals surface area contributed by atoms with Crippen LogP contribution in [0.3, 0.4) is 0 Å². The van der Waals surface area contributed by atoms with Crippen molar-refractivity contribution in [1.29, 1.82) is 0 Å². The number of hydrogen-bond acceptors (Lipinski definition) is 5. The van der Waals surface area contributed by atoms with Crippen LogP contribution in [0.2, 0.25) is 0 Å². The van der Waals surface area contributed by atoms with Gasteiger partial charge in [-0.25, -0.2) is 0 Å². The van der Waals surface area contributed by atoms with Crippen LogP contribution < -0.4 is 14.8 Å². The summed E-state index contributed by atoms with van der Waals surface area (Å²) in [5.41, 5.74) is 2.57. The Labute approximate surface area is 155 Å². The summed E-state index contributed by atoms with van der Waals surface area (Å²) in [6.07, 6.45) is 1.41. The van der Waals surface area contributed by atoms with Gasteiger partial charge in [0.15, 0.2) is 5.78 Å². The molecule has 26 heavy (non-hydrogen) atoms. The highest BCUT2D eigenvalue weighted by Gasteiger charge is 2.22. The standard InChI is InChI=1S/C21H27NO4/c1-15-19(25-2)13-17(14-20(15)26-3)21(24)18(22-11-12-23)10-9-16-7-5-4-6-8-16/h4-8,13-14,18,22-23H,9-12H2,1-3H3. The molecular weight excluding hydrogens is 330 g/mol. The molecule has 0 heterocycles. The Morgan fingerprint density at radius 2 is 1.73 bits per heavy atom. The Bertz CT molecular complexity index is 690. The molecule has 0 aliphatic heterocycles. The van der Waals surface area contributed by atoms with E-state index in [1.54, 1.807) is 26.4 Å². The van der Waals surface area contributed by atoms with E-state index in [4.69, 9.17) is 14.6 Å². The molecule has 0 fully saturated rings. The normalized spacial score (nSPS) is 11.8. The van der Waals surface area contributed by atoms with Gasteiger partial charge >= 0.3 is 0 Å². The van der Waals surface area contributed by atoms with Crippen molar-refractivity contribution >= 4 is 5.78 Å². The summed E-state index contributed by atoms with van der Waals surface area (Å²) in [5, 5.41) is 12.3. The van der Waals surface area contributed by atoms with Crippen molar-refractivity contribution < 1.29 is 19.4 Å². The van der Waals surface area contributed by atoms with Gasteiger partial charge in [0.2, 0.25) is 0 Å². The second kappa shape index (κ2) is 9.94. The maximum absolute atomic E-state index is 13.1. The predicted octanol–water partition coefficient (Wildman–Crippen LogP) is 2.78. The van der Waals surface area contributed by atoms with Gasteiger partial charge in [-0.3, -0.25) is 4.79 Å². The molecule has 0 aromatic heterocycles. The van der Waals surface area contributed by atoms with E-state index >= 15 is 0 Å². The van der Waals surface area contributed by atoms with Gasteiger partial charge in [0.25, 0.3) is 0 Å². The lowest BCUT2D eigenvalue weighted by atomic mass is 9.96. The van der Waals surface area contributed by atoms with Crippen LogP contribution >= 0.6 is 0 Å². The minimum atomic E-state index is -0.389. The molecule has 0 spiro atoms. The summed E-state index contributed by atoms with van der Waals surface area (Å²) in [5.74, 6) is 1.21. The third-order valence-corrected chi connectivity index (χ3v) is 4.42. The summed E-state index contributed by atoms with van der Waals surface area (Å²) in [6.45, 7) is 2.24. The van der Waals surface area contributed by atoms with Crippen LogP contribution in [0.15, 0.2) is 42.5 Å². The molecule has 1 atom stereocenters. The molecule has 0 aliphatic carbocycles. The lowest BCUT2D eigenvalue weighted by Gasteiger charge is -2.19. The van der Waals surface area contributed by atoms with Gasteiger partial charge in [-0.2, -0.15) is 0 Å². The molecule has 2 aromatic rings. The molecule has 0 saturated heterocycles. The van der Waals surface area contributed by atoms with E-state index in [9.17, 15) is 4.79 Å². The van der Waals surface area contributed by atoms with E-state index < -0.39 is 0 Å². The maximum Gasteiger partial charge on any atom is 0.180 e. The van der Waals surface area contributed by atoms with Crippen LogP contribution in [0.1, 0.15) is 27.9 Å². The number of aliphatic hydroxyl groups is 1. The van der Waals surface area contributed by atoms with Crippen LogP contribution in [0.4, 0.5) is 0 Å². The lowest BCUT2D eigenvalue weighted by Crippen LogP contribution is -2.39. The SMILES string of the molecule is COc1cc(C(=O)C(CCc2ccccc2)NCCO)cc(OC)c1C. The molecule has 0 amide bonds. The Morgan fingerprint density at radius 3 is 2.27 bits per heavy atom. The van der Waals surface area contributed by atoms with Crippen molar-refractivity contribution in [3.8, 4) is 11.5 Å². The number of rotatable bonds is 10. The van der Waals surface area contributed by atoms with Gasteiger partial charge < -0.3 is 19.9 Å². The molecule has 0 bridgehead atoms. The minimum absolute atomic E-state index is 0.0182. The quantitative estimate of drug-likeness (QED) is 0.640. The molecule has 2 rings (SSSR count). The third-order valence-electron chi connectivity index (χ3n) is 4.42. The number of benzene rings is 2. The smallest absolute Gasteiger partial charge is 0.180 e. The predicted molar refractivity (Wildman–Crippen MR) is 102 cm³/mol. The average molecular weight is 357 g/mol. The van der Waals surface area contributed by atoms with E-state index in [-0.39, 0.29) is 18.4 Å². The van der Waals surface area contributed by atoms with E-state index in [1.807, 2.05) is 37.3 Å². The number of ether oxygens (including phenoxy) is 2. The number of carbonyl (C=O) groups is 1. The molecule has 0 saturated carbocycles. The van der Waals surface area contributed by atoms with Crippen molar-refractivity contribution in [2.45, 2.75) is 25.8 Å². The molecule has 1 unspecified atom stereocenters. The van der Waals surface area contributed by atoms with Crippen molar-refractivity contribution in [3.63, 3.8) is 0 Å². The molecular formula is C21H27NO4. The zero-order valence-corrected chi connectivity index (χ0v) is 15.6. The molecule has 2 aromatic carbocycles. The highest BCUT2D eigenvalue weighted by Crippen LogP contribution is 2.30. The summed E-state index contributed by atoms with van der Waals surface area (Å²) in [6, 6.07) is 13.1. The molecule has 140 valence electrons. The van der Waals surface area contributed by atoms with Crippen molar-refractivity contribution in [2.24, 2.45) is 0 Å². The first-order valence-electron chi connectivity index (χ1n) is 8.75. The highest BCUT2D eigenvalue weighted by molar-refractivity contribution is 6.01. The van der Waals surface area contributed by atoms with E-state index in [1.165, 1.54) is 5.56 Å². The molecule has 5 heteroatoms. The van der Waals surface area contributed by atoms with Crippen molar-refractivity contribution in [3.05, 3.63) is 59.2 Å².